The summed E-state index contributed by atoms with van der Waals surface area (Å²) in [5.41, 5.74) is 1.36. The monoisotopic (exact) mass is 267 g/mol. The first-order chi connectivity index (χ1) is 7.90. The second-order valence-corrected chi connectivity index (χ2v) is 3.92. The Morgan fingerprint density at radius 1 is 1.29 bits per heavy atom. The van der Waals surface area contributed by atoms with E-state index in [1.165, 1.54) is 23.7 Å². The highest BCUT2D eigenvalue weighted by Crippen LogP contribution is 2.41. The van der Waals surface area contributed by atoms with Crippen LogP contribution in [-0.4, -0.2) is 20.0 Å². The van der Waals surface area contributed by atoms with Gasteiger partial charge in [-0.15, -0.1) is 13.2 Å². The van der Waals surface area contributed by atoms with E-state index in [-0.39, 0.29) is 11.5 Å². The Labute approximate surface area is 101 Å². The molecule has 17 heavy (non-hydrogen) atoms. The summed E-state index contributed by atoms with van der Waals surface area (Å²) < 4.78 is 46.7. The van der Waals surface area contributed by atoms with E-state index in [1.807, 2.05) is 0 Å². The molecule has 94 valence electrons. The van der Waals surface area contributed by atoms with E-state index in [4.69, 9.17) is 16.5 Å². The lowest BCUT2D eigenvalue weighted by molar-refractivity contribution is -0.275. The van der Waals surface area contributed by atoms with Gasteiger partial charge in [-0.3, -0.25) is 4.42 Å². The molecule has 0 saturated heterocycles. The van der Waals surface area contributed by atoms with Gasteiger partial charge in [-0.25, -0.2) is 0 Å². The van der Waals surface area contributed by atoms with Crippen LogP contribution in [0.5, 0.6) is 11.5 Å². The first-order valence-electron chi connectivity index (χ1n) is 4.80. The Balaban J connectivity index is 2.40. The van der Waals surface area contributed by atoms with Gasteiger partial charge in [0.2, 0.25) is 0 Å². The van der Waals surface area contributed by atoms with Crippen LogP contribution in [0.2, 0.25) is 0 Å². The fraction of sp³-hybridized carbons (Fsp3) is 0.400. The van der Waals surface area contributed by atoms with E-state index in [0.29, 0.717) is 18.7 Å². The third kappa shape index (κ3) is 2.52. The fourth-order valence-corrected chi connectivity index (χ4v) is 1.96. The zero-order chi connectivity index (χ0) is 12.6. The number of methoxy groups -OCH3 is 1. The van der Waals surface area contributed by atoms with Crippen molar-refractivity contribution in [3.8, 4) is 11.5 Å². The number of hydrogen-bond acceptors (Lipinski definition) is 3. The van der Waals surface area contributed by atoms with Gasteiger partial charge in [0.1, 0.15) is 0 Å². The Bertz CT molecular complexity index is 436. The number of anilines is 1. The summed E-state index contributed by atoms with van der Waals surface area (Å²) in [5.74, 6) is -0.334. The molecule has 0 spiro atoms. The molecule has 0 aliphatic carbocycles. The van der Waals surface area contributed by atoms with Crippen molar-refractivity contribution in [2.45, 2.75) is 12.8 Å². The Kier molecular flexibility index (Phi) is 2.99. The van der Waals surface area contributed by atoms with Crippen molar-refractivity contribution in [3.05, 3.63) is 17.7 Å². The highest BCUT2D eigenvalue weighted by Gasteiger charge is 2.33. The number of rotatable bonds is 2. The number of hydrogen-bond donors (Lipinski definition) is 0. The molecule has 1 aromatic rings. The van der Waals surface area contributed by atoms with Crippen LogP contribution in [0, 0.1) is 0 Å². The fourth-order valence-electron chi connectivity index (χ4n) is 1.72. The molecular weight excluding hydrogens is 259 g/mol. The van der Waals surface area contributed by atoms with Crippen LogP contribution in [0.3, 0.4) is 0 Å². The first-order valence-corrected chi connectivity index (χ1v) is 5.14. The molecule has 0 atom stereocenters. The number of halogens is 4. The summed E-state index contributed by atoms with van der Waals surface area (Å²) >= 11 is 5.84. The molecule has 1 aliphatic heterocycles. The van der Waals surface area contributed by atoms with E-state index >= 15 is 0 Å². The van der Waals surface area contributed by atoms with Crippen molar-refractivity contribution in [1.82, 2.24) is 0 Å². The van der Waals surface area contributed by atoms with Crippen LogP contribution in [0.1, 0.15) is 5.56 Å². The molecule has 3 nitrogen and oxygen atoms in total. The quantitative estimate of drug-likeness (QED) is 0.769. The summed E-state index contributed by atoms with van der Waals surface area (Å²) in [7, 11) is 1.29. The number of benzene rings is 1. The number of fused-ring (bicyclic) bond motifs is 1. The van der Waals surface area contributed by atoms with Crippen LogP contribution < -0.4 is 13.9 Å². The van der Waals surface area contributed by atoms with Gasteiger partial charge in [0.25, 0.3) is 0 Å². The third-order valence-electron chi connectivity index (χ3n) is 2.43. The number of ether oxygens (including phenoxy) is 2. The van der Waals surface area contributed by atoms with Gasteiger partial charge in [-0.1, -0.05) is 0 Å². The molecule has 1 aliphatic rings. The van der Waals surface area contributed by atoms with Crippen molar-refractivity contribution >= 4 is 17.5 Å². The maximum atomic E-state index is 12.2. The minimum Gasteiger partial charge on any atom is -0.493 e. The molecule has 2 rings (SSSR count). The highest BCUT2D eigenvalue weighted by atomic mass is 35.5. The van der Waals surface area contributed by atoms with Crippen LogP contribution in [0.25, 0.3) is 0 Å². The lowest BCUT2D eigenvalue weighted by atomic mass is 10.1. The molecule has 7 heteroatoms. The van der Waals surface area contributed by atoms with Crippen molar-refractivity contribution in [1.29, 1.82) is 0 Å². The third-order valence-corrected chi connectivity index (χ3v) is 2.78. The second kappa shape index (κ2) is 4.18. The van der Waals surface area contributed by atoms with Gasteiger partial charge in [0.05, 0.1) is 12.8 Å². The smallest absolute Gasteiger partial charge is 0.493 e. The Hall–Kier alpha value is -1.30. The molecular formula is C10H9ClF3NO2. The SMILES string of the molecule is COc1cc2c(cc1OC(F)(F)F)N(Cl)CC2. The molecule has 0 amide bonds. The Morgan fingerprint density at radius 2 is 2.00 bits per heavy atom. The van der Waals surface area contributed by atoms with E-state index < -0.39 is 6.36 Å². The molecule has 1 heterocycles. The van der Waals surface area contributed by atoms with Crippen molar-refractivity contribution < 1.29 is 22.6 Å². The summed E-state index contributed by atoms with van der Waals surface area (Å²) in [6, 6.07) is 2.75. The lowest BCUT2D eigenvalue weighted by Gasteiger charge is -2.15. The van der Waals surface area contributed by atoms with Gasteiger partial charge in [0.15, 0.2) is 11.5 Å². The van der Waals surface area contributed by atoms with Crippen molar-refractivity contribution in [3.63, 3.8) is 0 Å². The van der Waals surface area contributed by atoms with Crippen molar-refractivity contribution in [2.75, 3.05) is 18.1 Å². The molecule has 0 bridgehead atoms. The molecule has 0 aromatic heterocycles. The largest absolute Gasteiger partial charge is 0.573 e. The van der Waals surface area contributed by atoms with Crippen molar-refractivity contribution in [2.24, 2.45) is 0 Å². The molecule has 0 radical (unpaired) electrons. The van der Waals surface area contributed by atoms with E-state index in [0.717, 1.165) is 5.56 Å². The zero-order valence-corrected chi connectivity index (χ0v) is 9.60. The topological polar surface area (TPSA) is 21.7 Å². The number of nitrogens with zero attached hydrogens (tertiary/aromatic N) is 1. The summed E-state index contributed by atoms with van der Waals surface area (Å²) in [6.45, 7) is 0.551. The van der Waals surface area contributed by atoms with Gasteiger partial charge in [-0.2, -0.15) is 0 Å². The van der Waals surface area contributed by atoms with E-state index in [1.54, 1.807) is 0 Å². The zero-order valence-electron chi connectivity index (χ0n) is 8.84. The standard InChI is InChI=1S/C10H9ClF3NO2/c1-16-8-4-6-2-3-15(11)7(6)5-9(8)17-10(12,13)14/h4-5H,2-3H2,1H3. The van der Waals surface area contributed by atoms with E-state index in [9.17, 15) is 13.2 Å². The van der Waals surface area contributed by atoms with Crippen LogP contribution >= 0.6 is 11.8 Å². The molecule has 0 unspecified atom stereocenters. The molecule has 0 saturated carbocycles. The van der Waals surface area contributed by atoms with Crippen LogP contribution in [0.15, 0.2) is 12.1 Å². The summed E-state index contributed by atoms with van der Waals surface area (Å²) in [6.07, 6.45) is -4.08. The van der Waals surface area contributed by atoms with Crippen LogP contribution in [-0.2, 0) is 6.42 Å². The Morgan fingerprint density at radius 3 is 2.59 bits per heavy atom. The summed E-state index contributed by atoms with van der Waals surface area (Å²) in [4.78, 5) is 0. The summed E-state index contributed by atoms with van der Waals surface area (Å²) in [5, 5.41) is 0. The second-order valence-electron chi connectivity index (χ2n) is 3.52. The first kappa shape index (κ1) is 12.2. The lowest BCUT2D eigenvalue weighted by Crippen LogP contribution is -2.18. The predicted molar refractivity (Wildman–Crippen MR) is 56.6 cm³/mol. The van der Waals surface area contributed by atoms with Gasteiger partial charge in [0, 0.05) is 24.4 Å². The molecule has 0 N–H and O–H groups in total. The average molecular weight is 268 g/mol. The number of alkyl halides is 3. The maximum absolute atomic E-state index is 12.2. The van der Waals surface area contributed by atoms with Gasteiger partial charge in [-0.05, 0) is 18.1 Å². The molecule has 1 aromatic carbocycles. The maximum Gasteiger partial charge on any atom is 0.573 e. The average Bonchev–Trinajstić information content (AvgIpc) is 2.57. The van der Waals surface area contributed by atoms with Gasteiger partial charge >= 0.3 is 6.36 Å². The van der Waals surface area contributed by atoms with Gasteiger partial charge < -0.3 is 9.47 Å². The minimum absolute atomic E-state index is 0.0491. The van der Waals surface area contributed by atoms with Crippen LogP contribution in [0.4, 0.5) is 18.9 Å². The minimum atomic E-state index is -4.75. The molecule has 0 fully saturated rings. The highest BCUT2D eigenvalue weighted by molar-refractivity contribution is 6.26. The predicted octanol–water partition coefficient (Wildman–Crippen LogP) is 3.11. The van der Waals surface area contributed by atoms with E-state index in [2.05, 4.69) is 4.74 Å². The normalized spacial score (nSPS) is 14.8.